The molecule has 0 radical (unpaired) electrons. The molecule has 1 fully saturated rings. The number of non-ortho nitro benzene ring substituents is 1. The maximum absolute atomic E-state index is 12.2. The fourth-order valence-electron chi connectivity index (χ4n) is 3.03. The predicted octanol–water partition coefficient (Wildman–Crippen LogP) is 2.85. The second kappa shape index (κ2) is 10.1. The van der Waals surface area contributed by atoms with Crippen LogP contribution >= 0.6 is 11.6 Å². The Kier molecular flexibility index (Phi) is 7.34. The highest BCUT2D eigenvalue weighted by Crippen LogP contribution is 2.23. The van der Waals surface area contributed by atoms with Crippen molar-refractivity contribution in [3.05, 3.63) is 68.2 Å². The van der Waals surface area contributed by atoms with Gasteiger partial charge in [-0.05, 0) is 29.8 Å². The summed E-state index contributed by atoms with van der Waals surface area (Å²) >= 11 is 5.97. The van der Waals surface area contributed by atoms with Crippen LogP contribution in [0.2, 0.25) is 5.02 Å². The molecule has 2 aromatic rings. The van der Waals surface area contributed by atoms with Crippen molar-refractivity contribution in [3.8, 4) is 5.75 Å². The summed E-state index contributed by atoms with van der Waals surface area (Å²) in [6, 6.07) is 9.26. The van der Waals surface area contributed by atoms with Crippen LogP contribution in [-0.4, -0.2) is 55.4 Å². The van der Waals surface area contributed by atoms with Crippen molar-refractivity contribution in [1.29, 1.82) is 0 Å². The van der Waals surface area contributed by atoms with E-state index in [0.717, 1.165) is 42.6 Å². The average Bonchev–Trinajstić information content (AvgIpc) is 2.74. The van der Waals surface area contributed by atoms with Gasteiger partial charge in [0.25, 0.3) is 11.6 Å². The molecule has 0 saturated carbocycles. The Morgan fingerprint density at radius 2 is 2.10 bits per heavy atom. The van der Waals surface area contributed by atoms with Crippen LogP contribution < -0.4 is 10.2 Å². The number of hydrazone groups is 1. The third-order valence-electron chi connectivity index (χ3n) is 4.59. The zero-order chi connectivity index (χ0) is 21.5. The molecule has 0 aliphatic carbocycles. The maximum Gasteiger partial charge on any atom is 0.272 e. The maximum atomic E-state index is 12.2. The van der Waals surface area contributed by atoms with Crippen LogP contribution in [0.5, 0.6) is 5.75 Å². The highest BCUT2D eigenvalue weighted by molar-refractivity contribution is 6.34. The number of carbonyl (C=O) groups excluding carboxylic acids is 1. The molecule has 0 bridgehead atoms. The summed E-state index contributed by atoms with van der Waals surface area (Å²) in [5, 5.41) is 14.7. The number of benzene rings is 2. The number of methoxy groups -OCH3 is 1. The van der Waals surface area contributed by atoms with Crippen LogP contribution in [0.25, 0.3) is 0 Å². The monoisotopic (exact) mass is 432 g/mol. The van der Waals surface area contributed by atoms with Gasteiger partial charge in [0.2, 0.25) is 0 Å². The van der Waals surface area contributed by atoms with E-state index in [1.165, 1.54) is 18.3 Å². The standard InChI is InChI=1S/C20H21ClN4O5/c1-29-19-5-2-14(10-15(19)13-24-6-8-30-9-7-24)12-22-23-20(26)17-4-3-16(25(27)28)11-18(17)21/h2-5,10-12H,6-9,13H2,1H3,(H,23,26)/b22-12+. The molecule has 0 spiro atoms. The summed E-state index contributed by atoms with van der Waals surface area (Å²) in [6.07, 6.45) is 1.51. The first-order chi connectivity index (χ1) is 14.5. The van der Waals surface area contributed by atoms with Gasteiger partial charge in [0.1, 0.15) is 5.75 Å². The lowest BCUT2D eigenvalue weighted by Gasteiger charge is -2.27. The van der Waals surface area contributed by atoms with Crippen molar-refractivity contribution in [3.63, 3.8) is 0 Å². The van der Waals surface area contributed by atoms with Crippen molar-refractivity contribution in [2.45, 2.75) is 6.54 Å². The lowest BCUT2D eigenvalue weighted by atomic mass is 10.1. The van der Waals surface area contributed by atoms with E-state index in [4.69, 9.17) is 21.1 Å². The van der Waals surface area contributed by atoms with Crippen LogP contribution in [0, 0.1) is 10.1 Å². The Bertz CT molecular complexity index is 960. The summed E-state index contributed by atoms with van der Waals surface area (Å²) in [5.41, 5.74) is 4.09. The van der Waals surface area contributed by atoms with Crippen molar-refractivity contribution >= 4 is 29.4 Å². The van der Waals surface area contributed by atoms with E-state index >= 15 is 0 Å². The molecule has 3 rings (SSSR count). The number of hydrogen-bond acceptors (Lipinski definition) is 7. The summed E-state index contributed by atoms with van der Waals surface area (Å²) in [6.45, 7) is 3.85. The molecule has 10 heteroatoms. The smallest absolute Gasteiger partial charge is 0.272 e. The molecule has 9 nitrogen and oxygen atoms in total. The van der Waals surface area contributed by atoms with Gasteiger partial charge < -0.3 is 9.47 Å². The number of nitro benzene ring substituents is 1. The van der Waals surface area contributed by atoms with Gasteiger partial charge in [0.15, 0.2) is 0 Å². The number of amides is 1. The van der Waals surface area contributed by atoms with E-state index in [1.54, 1.807) is 7.11 Å². The quantitative estimate of drug-likeness (QED) is 0.409. The summed E-state index contributed by atoms with van der Waals surface area (Å²) in [4.78, 5) is 24.7. The number of morpholine rings is 1. The molecule has 1 aliphatic rings. The number of halogens is 1. The topological polar surface area (TPSA) is 106 Å². The van der Waals surface area contributed by atoms with Crippen LogP contribution in [-0.2, 0) is 11.3 Å². The minimum Gasteiger partial charge on any atom is -0.496 e. The molecule has 0 atom stereocenters. The molecule has 1 saturated heterocycles. The predicted molar refractivity (Wildman–Crippen MR) is 112 cm³/mol. The van der Waals surface area contributed by atoms with Gasteiger partial charge in [-0.1, -0.05) is 11.6 Å². The molecule has 0 aromatic heterocycles. The molecular weight excluding hydrogens is 412 g/mol. The molecule has 0 unspecified atom stereocenters. The number of nitrogens with zero attached hydrogens (tertiary/aromatic N) is 3. The lowest BCUT2D eigenvalue weighted by molar-refractivity contribution is -0.384. The Balaban J connectivity index is 1.67. The SMILES string of the molecule is COc1ccc(/C=N/NC(=O)c2ccc([N+](=O)[O-])cc2Cl)cc1CN1CCOCC1. The van der Waals surface area contributed by atoms with E-state index in [0.29, 0.717) is 13.2 Å². The van der Waals surface area contributed by atoms with Gasteiger partial charge in [-0.15, -0.1) is 0 Å². The van der Waals surface area contributed by atoms with Crippen molar-refractivity contribution in [1.82, 2.24) is 10.3 Å². The second-order valence-corrected chi connectivity index (χ2v) is 6.99. The summed E-state index contributed by atoms with van der Waals surface area (Å²) in [7, 11) is 1.63. The first-order valence-corrected chi connectivity index (χ1v) is 9.60. The molecule has 158 valence electrons. The Morgan fingerprint density at radius 3 is 2.77 bits per heavy atom. The number of rotatable bonds is 7. The van der Waals surface area contributed by atoms with Crippen LogP contribution in [0.15, 0.2) is 41.5 Å². The van der Waals surface area contributed by atoms with E-state index in [9.17, 15) is 14.9 Å². The van der Waals surface area contributed by atoms with E-state index in [2.05, 4.69) is 15.4 Å². The van der Waals surface area contributed by atoms with Gasteiger partial charge in [-0.2, -0.15) is 5.10 Å². The van der Waals surface area contributed by atoms with E-state index in [1.807, 2.05) is 18.2 Å². The van der Waals surface area contributed by atoms with Crippen molar-refractivity contribution in [2.75, 3.05) is 33.4 Å². The number of hydrogen-bond donors (Lipinski definition) is 1. The summed E-state index contributed by atoms with van der Waals surface area (Å²) in [5.74, 6) is 0.216. The fraction of sp³-hybridized carbons (Fsp3) is 0.300. The normalized spacial score (nSPS) is 14.6. The van der Waals surface area contributed by atoms with Gasteiger partial charge in [0, 0.05) is 37.3 Å². The van der Waals surface area contributed by atoms with Crippen molar-refractivity contribution in [2.24, 2.45) is 5.10 Å². The van der Waals surface area contributed by atoms with Crippen molar-refractivity contribution < 1.29 is 19.2 Å². The van der Waals surface area contributed by atoms with Crippen LogP contribution in [0.3, 0.4) is 0 Å². The minimum atomic E-state index is -0.579. The van der Waals surface area contributed by atoms with Gasteiger partial charge in [-0.25, -0.2) is 5.43 Å². The number of carbonyl (C=O) groups is 1. The zero-order valence-corrected chi connectivity index (χ0v) is 17.1. The molecule has 1 aliphatic heterocycles. The zero-order valence-electron chi connectivity index (χ0n) is 16.3. The molecule has 1 amide bonds. The van der Waals surface area contributed by atoms with Gasteiger partial charge in [-0.3, -0.25) is 19.8 Å². The Hall–Kier alpha value is -3.01. The fourth-order valence-corrected chi connectivity index (χ4v) is 3.29. The molecule has 1 heterocycles. The lowest BCUT2D eigenvalue weighted by Crippen LogP contribution is -2.35. The van der Waals surface area contributed by atoms with Gasteiger partial charge in [0.05, 0.1) is 42.0 Å². The number of nitro groups is 1. The largest absolute Gasteiger partial charge is 0.496 e. The third-order valence-corrected chi connectivity index (χ3v) is 4.90. The molecule has 30 heavy (non-hydrogen) atoms. The van der Waals surface area contributed by atoms with E-state index in [-0.39, 0.29) is 16.3 Å². The first-order valence-electron chi connectivity index (χ1n) is 9.22. The second-order valence-electron chi connectivity index (χ2n) is 6.58. The molecule has 1 N–H and O–H groups in total. The van der Waals surface area contributed by atoms with Crippen LogP contribution in [0.4, 0.5) is 5.69 Å². The highest BCUT2D eigenvalue weighted by Gasteiger charge is 2.15. The Labute approximate surface area is 178 Å². The summed E-state index contributed by atoms with van der Waals surface area (Å²) < 4.78 is 10.8. The molecule has 2 aromatic carbocycles. The third kappa shape index (κ3) is 5.53. The first kappa shape index (κ1) is 21.7. The van der Waals surface area contributed by atoms with E-state index < -0.39 is 10.8 Å². The highest BCUT2D eigenvalue weighted by atomic mass is 35.5. The van der Waals surface area contributed by atoms with Crippen LogP contribution in [0.1, 0.15) is 21.5 Å². The number of ether oxygens (including phenoxy) is 2. The van der Waals surface area contributed by atoms with Gasteiger partial charge >= 0.3 is 0 Å². The Morgan fingerprint density at radius 1 is 1.33 bits per heavy atom. The number of nitrogens with one attached hydrogen (secondary N) is 1. The minimum absolute atomic E-state index is 0.0193. The molecular formula is C20H21ClN4O5. The average molecular weight is 433 g/mol.